The first-order valence-corrected chi connectivity index (χ1v) is 5.42. The molecule has 3 heteroatoms. The summed E-state index contributed by atoms with van der Waals surface area (Å²) >= 11 is 0. The van der Waals surface area contributed by atoms with Gasteiger partial charge in [0.15, 0.2) is 0 Å². The summed E-state index contributed by atoms with van der Waals surface area (Å²) < 4.78 is 0. The summed E-state index contributed by atoms with van der Waals surface area (Å²) in [6.07, 6.45) is 5.40. The Morgan fingerprint density at radius 1 is 1.43 bits per heavy atom. The summed E-state index contributed by atoms with van der Waals surface area (Å²) in [6.45, 7) is 7.63. The number of aliphatic imine (C=N–C) groups is 1. The Morgan fingerprint density at radius 3 is 2.71 bits per heavy atom. The van der Waals surface area contributed by atoms with Crippen molar-refractivity contribution in [2.45, 2.75) is 13.3 Å². The molecule has 14 heavy (non-hydrogen) atoms. The fourth-order valence-corrected chi connectivity index (χ4v) is 1.55. The second-order valence-electron chi connectivity index (χ2n) is 3.55. The van der Waals surface area contributed by atoms with E-state index in [4.69, 9.17) is 0 Å². The van der Waals surface area contributed by atoms with Gasteiger partial charge < -0.3 is 5.32 Å². The van der Waals surface area contributed by atoms with Crippen LogP contribution in [0, 0.1) is 0 Å². The lowest BCUT2D eigenvalue weighted by molar-refractivity contribution is 0.272. The second-order valence-corrected chi connectivity index (χ2v) is 3.55. The van der Waals surface area contributed by atoms with Crippen LogP contribution in [0.5, 0.6) is 0 Å². The summed E-state index contributed by atoms with van der Waals surface area (Å²) in [6, 6.07) is 0. The van der Waals surface area contributed by atoms with Crippen molar-refractivity contribution in [3.8, 4) is 0 Å². The standard InChI is InChI=1S/C11H21N3/c1-3-4-5-11(12-2)10-14-8-6-13-7-9-14/h4-5,13H,3,6-10H2,1-2H3/b5-4-,12-11?. The van der Waals surface area contributed by atoms with E-state index in [1.165, 1.54) is 5.71 Å². The minimum absolute atomic E-state index is 0.995. The molecule has 0 saturated carbocycles. The van der Waals surface area contributed by atoms with Crippen LogP contribution in [-0.4, -0.2) is 50.4 Å². The average Bonchev–Trinajstić information content (AvgIpc) is 2.25. The van der Waals surface area contributed by atoms with Gasteiger partial charge in [-0.1, -0.05) is 13.0 Å². The van der Waals surface area contributed by atoms with Gasteiger partial charge in [-0.25, -0.2) is 0 Å². The van der Waals surface area contributed by atoms with Crippen LogP contribution in [0.2, 0.25) is 0 Å². The highest BCUT2D eigenvalue weighted by atomic mass is 15.2. The molecule has 0 radical (unpaired) electrons. The number of nitrogens with one attached hydrogen (secondary N) is 1. The van der Waals surface area contributed by atoms with Gasteiger partial charge in [0.2, 0.25) is 0 Å². The maximum absolute atomic E-state index is 4.29. The molecule has 0 aromatic heterocycles. The van der Waals surface area contributed by atoms with E-state index in [-0.39, 0.29) is 0 Å². The Labute approximate surface area is 86.9 Å². The topological polar surface area (TPSA) is 27.6 Å². The lowest BCUT2D eigenvalue weighted by Gasteiger charge is -2.26. The van der Waals surface area contributed by atoms with Crippen molar-refractivity contribution < 1.29 is 0 Å². The molecule has 0 amide bonds. The number of piperazine rings is 1. The molecule has 0 aliphatic carbocycles. The molecule has 0 spiro atoms. The van der Waals surface area contributed by atoms with Crippen LogP contribution in [0.1, 0.15) is 13.3 Å². The number of allylic oxidation sites excluding steroid dienone is 1. The monoisotopic (exact) mass is 195 g/mol. The maximum atomic E-state index is 4.29. The van der Waals surface area contributed by atoms with Gasteiger partial charge in [0.25, 0.3) is 0 Å². The van der Waals surface area contributed by atoms with E-state index in [0.29, 0.717) is 0 Å². The molecule has 1 saturated heterocycles. The Kier molecular flexibility index (Phi) is 5.49. The summed E-state index contributed by atoms with van der Waals surface area (Å²) in [5.41, 5.74) is 1.19. The summed E-state index contributed by atoms with van der Waals surface area (Å²) in [5, 5.41) is 3.35. The van der Waals surface area contributed by atoms with Gasteiger partial charge in [-0.2, -0.15) is 0 Å². The van der Waals surface area contributed by atoms with E-state index in [0.717, 1.165) is 39.1 Å². The van der Waals surface area contributed by atoms with Crippen LogP contribution in [0.4, 0.5) is 0 Å². The molecule has 0 unspecified atom stereocenters. The highest BCUT2D eigenvalue weighted by Crippen LogP contribution is 1.95. The van der Waals surface area contributed by atoms with Crippen LogP contribution in [0.25, 0.3) is 0 Å². The largest absolute Gasteiger partial charge is 0.314 e. The Morgan fingerprint density at radius 2 is 2.14 bits per heavy atom. The normalized spacial score (nSPS) is 20.6. The van der Waals surface area contributed by atoms with Crippen LogP contribution < -0.4 is 5.32 Å². The van der Waals surface area contributed by atoms with Gasteiger partial charge in [0.05, 0.1) is 0 Å². The fourth-order valence-electron chi connectivity index (χ4n) is 1.55. The predicted molar refractivity (Wildman–Crippen MR) is 62.1 cm³/mol. The fraction of sp³-hybridized carbons (Fsp3) is 0.727. The van der Waals surface area contributed by atoms with E-state index in [9.17, 15) is 0 Å². The molecule has 1 heterocycles. The number of hydrogen-bond acceptors (Lipinski definition) is 3. The molecular weight excluding hydrogens is 174 g/mol. The second kappa shape index (κ2) is 6.74. The van der Waals surface area contributed by atoms with E-state index >= 15 is 0 Å². The minimum atomic E-state index is 0.995. The van der Waals surface area contributed by atoms with E-state index < -0.39 is 0 Å². The van der Waals surface area contributed by atoms with Crippen LogP contribution in [-0.2, 0) is 0 Å². The van der Waals surface area contributed by atoms with Gasteiger partial charge in [0, 0.05) is 45.5 Å². The number of nitrogens with zero attached hydrogens (tertiary/aromatic N) is 2. The molecule has 1 rings (SSSR count). The lowest BCUT2D eigenvalue weighted by atomic mass is 10.2. The van der Waals surface area contributed by atoms with Gasteiger partial charge in [0.1, 0.15) is 0 Å². The molecule has 0 aromatic rings. The number of rotatable bonds is 4. The van der Waals surface area contributed by atoms with Crippen LogP contribution in [0.15, 0.2) is 17.1 Å². The quantitative estimate of drug-likeness (QED) is 0.676. The Hall–Kier alpha value is -0.670. The molecule has 0 atom stereocenters. The zero-order valence-electron chi connectivity index (χ0n) is 9.29. The van der Waals surface area contributed by atoms with E-state index in [2.05, 4.69) is 34.3 Å². The van der Waals surface area contributed by atoms with Gasteiger partial charge in [-0.15, -0.1) is 0 Å². The molecule has 1 aliphatic heterocycles. The van der Waals surface area contributed by atoms with Crippen LogP contribution >= 0.6 is 0 Å². The average molecular weight is 195 g/mol. The van der Waals surface area contributed by atoms with Crippen molar-refractivity contribution in [2.75, 3.05) is 39.8 Å². The van der Waals surface area contributed by atoms with Crippen LogP contribution in [0.3, 0.4) is 0 Å². The molecule has 1 aliphatic rings. The first-order chi connectivity index (χ1) is 6.86. The maximum Gasteiger partial charge on any atom is 0.0482 e. The van der Waals surface area contributed by atoms with Gasteiger partial charge >= 0.3 is 0 Å². The molecular formula is C11H21N3. The zero-order chi connectivity index (χ0) is 10.2. The van der Waals surface area contributed by atoms with Crippen molar-refractivity contribution in [3.63, 3.8) is 0 Å². The highest BCUT2D eigenvalue weighted by Gasteiger charge is 2.09. The molecule has 0 bridgehead atoms. The zero-order valence-corrected chi connectivity index (χ0v) is 9.29. The highest BCUT2D eigenvalue weighted by molar-refractivity contribution is 5.96. The van der Waals surface area contributed by atoms with Gasteiger partial charge in [-0.05, 0) is 12.5 Å². The van der Waals surface area contributed by atoms with Crippen molar-refractivity contribution in [1.82, 2.24) is 10.2 Å². The third kappa shape index (κ3) is 4.03. The molecule has 80 valence electrons. The first-order valence-electron chi connectivity index (χ1n) is 5.42. The third-order valence-corrected chi connectivity index (χ3v) is 2.43. The molecule has 1 N–H and O–H groups in total. The first kappa shape index (κ1) is 11.4. The van der Waals surface area contributed by atoms with Crippen molar-refractivity contribution in [3.05, 3.63) is 12.2 Å². The summed E-state index contributed by atoms with van der Waals surface area (Å²) in [4.78, 5) is 6.73. The van der Waals surface area contributed by atoms with Crippen molar-refractivity contribution in [2.24, 2.45) is 4.99 Å². The molecule has 0 aromatic carbocycles. The Balaban J connectivity index is 2.35. The Bertz CT molecular complexity index is 203. The van der Waals surface area contributed by atoms with E-state index in [1.54, 1.807) is 0 Å². The van der Waals surface area contributed by atoms with Gasteiger partial charge in [-0.3, -0.25) is 9.89 Å². The molecule has 1 fully saturated rings. The molecule has 3 nitrogen and oxygen atoms in total. The van der Waals surface area contributed by atoms with E-state index in [1.807, 2.05) is 7.05 Å². The van der Waals surface area contributed by atoms with Crippen molar-refractivity contribution >= 4 is 5.71 Å². The van der Waals surface area contributed by atoms with Crippen molar-refractivity contribution in [1.29, 1.82) is 0 Å². The smallest absolute Gasteiger partial charge is 0.0482 e. The minimum Gasteiger partial charge on any atom is -0.314 e. The predicted octanol–water partition coefficient (Wildman–Crippen LogP) is 0.929. The lowest BCUT2D eigenvalue weighted by Crippen LogP contribution is -2.45. The third-order valence-electron chi connectivity index (χ3n) is 2.43. The summed E-state index contributed by atoms with van der Waals surface area (Å²) in [7, 11) is 1.87. The number of hydrogen-bond donors (Lipinski definition) is 1. The SMILES string of the molecule is CC/C=C\C(CN1CCNCC1)=NC. The summed E-state index contributed by atoms with van der Waals surface area (Å²) in [5.74, 6) is 0.